The van der Waals surface area contributed by atoms with E-state index in [2.05, 4.69) is 13.8 Å². The largest absolute Gasteiger partial charge is 0.130 e. The molecule has 0 saturated heterocycles. The summed E-state index contributed by atoms with van der Waals surface area (Å²) in [5, 5.41) is -0.968. The van der Waals surface area contributed by atoms with E-state index in [0.717, 1.165) is 6.42 Å². The van der Waals surface area contributed by atoms with Gasteiger partial charge in [-0.15, -0.1) is 5.11 Å². The summed E-state index contributed by atoms with van der Waals surface area (Å²) in [7, 11) is 16.0. The Kier molecular flexibility index (Phi) is 3.46. The maximum Gasteiger partial charge on any atom is 0.0507 e. The minimum absolute atomic E-state index is 0.625. The molecule has 0 saturated carbocycles. The van der Waals surface area contributed by atoms with Crippen LogP contribution in [0.15, 0.2) is 0 Å². The molecule has 0 aliphatic rings. The van der Waals surface area contributed by atoms with Crippen molar-refractivity contribution < 1.29 is 0 Å². The average Bonchev–Trinajstić information content (AvgIpc) is 1.59. The summed E-state index contributed by atoms with van der Waals surface area (Å²) in [4.78, 5) is 0. The summed E-state index contributed by atoms with van der Waals surface area (Å²) in [6.07, 6.45) is 1.67. The molecule has 0 heterocycles. The highest BCUT2D eigenvalue weighted by Gasteiger charge is 2.08. The van der Waals surface area contributed by atoms with Crippen LogP contribution in [0.25, 0.3) is 0 Å². The lowest BCUT2D eigenvalue weighted by Crippen LogP contribution is -2.13. The summed E-state index contributed by atoms with van der Waals surface area (Å²) in [5.74, 6) is 0.625. The van der Waals surface area contributed by atoms with Crippen molar-refractivity contribution >= 4 is 23.5 Å². The van der Waals surface area contributed by atoms with E-state index in [1.165, 1.54) is 0 Å². The summed E-state index contributed by atoms with van der Waals surface area (Å²) in [6, 6.07) is 0. The highest BCUT2D eigenvalue weighted by molar-refractivity contribution is 6.58. The molecule has 0 spiro atoms. The van der Waals surface area contributed by atoms with Gasteiger partial charge in [-0.1, -0.05) is 26.7 Å². The van der Waals surface area contributed by atoms with Crippen molar-refractivity contribution in [3.8, 4) is 0 Å². The van der Waals surface area contributed by atoms with Gasteiger partial charge in [0.15, 0.2) is 0 Å². The fraction of sp³-hybridized carbons (Fsp3) is 1.00. The second kappa shape index (κ2) is 3.38. The quantitative estimate of drug-likeness (QED) is 0.482. The zero-order chi connectivity index (χ0) is 7.49. The Balaban J connectivity index is 3.28. The molecule has 0 atom stereocenters. The van der Waals surface area contributed by atoms with Crippen molar-refractivity contribution in [2.45, 2.75) is 31.8 Å². The first-order valence-corrected chi connectivity index (χ1v) is 3.28. The second-order valence-electron chi connectivity index (χ2n) is 3.04. The Morgan fingerprint density at radius 3 is 1.78 bits per heavy atom. The summed E-state index contributed by atoms with van der Waals surface area (Å²) < 4.78 is 0. The molecule has 44 valence electrons. The van der Waals surface area contributed by atoms with Crippen LogP contribution in [0.2, 0.25) is 5.11 Å². The van der Waals surface area contributed by atoms with Crippen LogP contribution in [0, 0.1) is 5.92 Å². The Bertz CT molecular complexity index is 72.9. The molecule has 0 aliphatic carbocycles. The second-order valence-corrected chi connectivity index (χ2v) is 3.04. The van der Waals surface area contributed by atoms with Gasteiger partial charge in [-0.2, -0.15) is 0 Å². The van der Waals surface area contributed by atoms with Crippen LogP contribution in [-0.4, -0.2) is 23.5 Å². The average molecular weight is 116 g/mol. The van der Waals surface area contributed by atoms with E-state index in [1.807, 2.05) is 0 Å². The Morgan fingerprint density at radius 1 is 1.22 bits per heavy atom. The van der Waals surface area contributed by atoms with E-state index in [9.17, 15) is 0 Å². The molecule has 0 amide bonds. The SMILES string of the molecule is [B]C([B])([B])CCC(C)C. The number of hydrogen-bond donors (Lipinski definition) is 0. The molecule has 0 fully saturated rings. The van der Waals surface area contributed by atoms with Gasteiger partial charge in [0.1, 0.15) is 0 Å². The Hall–Kier alpha value is 0.195. The fourth-order valence-corrected chi connectivity index (χ4v) is 0.539. The van der Waals surface area contributed by atoms with Crippen LogP contribution in [0.1, 0.15) is 26.7 Å². The Labute approximate surface area is 62.0 Å². The van der Waals surface area contributed by atoms with E-state index >= 15 is 0 Å². The van der Waals surface area contributed by atoms with E-state index in [-0.39, 0.29) is 0 Å². The molecule has 0 aromatic rings. The molecule has 0 N–H and O–H groups in total. The molecule has 0 nitrogen and oxygen atoms in total. The molecule has 6 radical (unpaired) electrons. The predicted molar refractivity (Wildman–Crippen MR) is 44.0 cm³/mol. The summed E-state index contributed by atoms with van der Waals surface area (Å²) in [6.45, 7) is 4.23. The number of hydrogen-bond acceptors (Lipinski definition) is 0. The van der Waals surface area contributed by atoms with Crippen LogP contribution >= 0.6 is 0 Å². The van der Waals surface area contributed by atoms with E-state index in [1.54, 1.807) is 0 Å². The summed E-state index contributed by atoms with van der Waals surface area (Å²) in [5.41, 5.74) is 0. The zero-order valence-corrected chi connectivity index (χ0v) is 6.22. The fourth-order valence-electron chi connectivity index (χ4n) is 0.539. The third kappa shape index (κ3) is 8.19. The van der Waals surface area contributed by atoms with Crippen molar-refractivity contribution in [3.63, 3.8) is 0 Å². The highest BCUT2D eigenvalue weighted by Crippen LogP contribution is 2.20. The maximum absolute atomic E-state index is 5.34. The standard InChI is InChI=1S/C6H11B3/c1-5(2)3-4-6(7,8)9/h5H,3-4H2,1-2H3. The van der Waals surface area contributed by atoms with Crippen LogP contribution in [0.4, 0.5) is 0 Å². The lowest BCUT2D eigenvalue weighted by atomic mass is 9.41. The van der Waals surface area contributed by atoms with Gasteiger partial charge in [0.2, 0.25) is 0 Å². The number of rotatable bonds is 3. The van der Waals surface area contributed by atoms with Crippen LogP contribution in [0.5, 0.6) is 0 Å². The Morgan fingerprint density at radius 2 is 1.67 bits per heavy atom. The third-order valence-corrected chi connectivity index (χ3v) is 1.15. The molecule has 0 aliphatic heterocycles. The minimum Gasteiger partial charge on any atom is -0.130 e. The zero-order valence-electron chi connectivity index (χ0n) is 6.22. The molecule has 0 unspecified atom stereocenters. The van der Waals surface area contributed by atoms with Crippen LogP contribution < -0.4 is 0 Å². The molecular weight excluding hydrogens is 105 g/mol. The van der Waals surface area contributed by atoms with Crippen molar-refractivity contribution in [1.82, 2.24) is 0 Å². The van der Waals surface area contributed by atoms with E-state index in [4.69, 9.17) is 23.5 Å². The maximum atomic E-state index is 5.34. The van der Waals surface area contributed by atoms with Crippen LogP contribution in [-0.2, 0) is 0 Å². The van der Waals surface area contributed by atoms with E-state index in [0.29, 0.717) is 12.3 Å². The monoisotopic (exact) mass is 116 g/mol. The molecule has 0 aromatic heterocycles. The van der Waals surface area contributed by atoms with Gasteiger partial charge >= 0.3 is 0 Å². The molecule has 9 heavy (non-hydrogen) atoms. The van der Waals surface area contributed by atoms with Gasteiger partial charge in [0.25, 0.3) is 0 Å². The summed E-state index contributed by atoms with van der Waals surface area (Å²) >= 11 is 0. The van der Waals surface area contributed by atoms with Gasteiger partial charge in [-0.05, 0) is 5.92 Å². The first-order chi connectivity index (χ1) is 3.92. The van der Waals surface area contributed by atoms with Gasteiger partial charge in [0.05, 0.1) is 23.5 Å². The molecule has 3 heteroatoms. The topological polar surface area (TPSA) is 0 Å². The smallest absolute Gasteiger partial charge is 0.0507 e. The lowest BCUT2D eigenvalue weighted by molar-refractivity contribution is 0.558. The normalized spacial score (nSPS) is 12.3. The van der Waals surface area contributed by atoms with Gasteiger partial charge in [-0.25, -0.2) is 0 Å². The van der Waals surface area contributed by atoms with E-state index < -0.39 is 5.11 Å². The predicted octanol–water partition coefficient (Wildman–Crippen LogP) is 1.00. The highest BCUT2D eigenvalue weighted by atomic mass is 14.0. The van der Waals surface area contributed by atoms with Gasteiger partial charge in [-0.3, -0.25) is 0 Å². The molecule has 0 aromatic carbocycles. The molecular formula is C6H11B3. The van der Waals surface area contributed by atoms with Crippen molar-refractivity contribution in [2.75, 3.05) is 0 Å². The van der Waals surface area contributed by atoms with Crippen molar-refractivity contribution in [3.05, 3.63) is 0 Å². The molecule has 0 bridgehead atoms. The third-order valence-electron chi connectivity index (χ3n) is 1.15. The van der Waals surface area contributed by atoms with Crippen LogP contribution in [0.3, 0.4) is 0 Å². The van der Waals surface area contributed by atoms with Crippen molar-refractivity contribution in [1.29, 1.82) is 0 Å². The first-order valence-electron chi connectivity index (χ1n) is 3.28. The van der Waals surface area contributed by atoms with Crippen molar-refractivity contribution in [2.24, 2.45) is 5.92 Å². The first kappa shape index (κ1) is 9.19. The van der Waals surface area contributed by atoms with Gasteiger partial charge in [0, 0.05) is 0 Å². The lowest BCUT2D eigenvalue weighted by Gasteiger charge is -2.20. The minimum atomic E-state index is -0.968. The molecule has 0 rings (SSSR count). The van der Waals surface area contributed by atoms with Gasteiger partial charge < -0.3 is 0 Å².